The van der Waals surface area contributed by atoms with E-state index in [4.69, 9.17) is 0 Å². The highest BCUT2D eigenvalue weighted by atomic mass is 32.2. The SMILES string of the molecule is O=C(NC1CC1)c1cn(CC[C@@H]2CCCCN2S(=O)(=O)c2ccccc2OC(F)(F)F)nn1. The summed E-state index contributed by atoms with van der Waals surface area (Å²) in [6.45, 7) is 0.501. The second-order valence-corrected chi connectivity index (χ2v) is 10.0. The number of carbonyl (C=O) groups is 1. The minimum Gasteiger partial charge on any atom is -0.404 e. The monoisotopic (exact) mass is 487 g/mol. The molecule has 33 heavy (non-hydrogen) atoms. The Morgan fingerprint density at radius 2 is 1.94 bits per heavy atom. The fraction of sp³-hybridized carbons (Fsp3) is 0.550. The van der Waals surface area contributed by atoms with Gasteiger partial charge in [-0.15, -0.1) is 18.3 Å². The lowest BCUT2D eigenvalue weighted by Gasteiger charge is -2.35. The number of hydrogen-bond donors (Lipinski definition) is 1. The molecule has 0 unspecified atom stereocenters. The molecule has 1 saturated carbocycles. The van der Waals surface area contributed by atoms with Gasteiger partial charge in [0.15, 0.2) is 5.69 Å². The van der Waals surface area contributed by atoms with Crippen LogP contribution in [-0.4, -0.2) is 58.6 Å². The third-order valence-corrected chi connectivity index (χ3v) is 7.60. The van der Waals surface area contributed by atoms with Crippen LogP contribution in [0.4, 0.5) is 13.2 Å². The van der Waals surface area contributed by atoms with Gasteiger partial charge in [0.05, 0.1) is 6.20 Å². The standard InChI is InChI=1S/C20H24F3N5O4S/c21-20(22,23)32-17-6-1-2-7-18(17)33(30,31)28-11-4-3-5-15(28)10-12-27-13-16(25-26-27)19(29)24-14-8-9-14/h1-2,6-7,13-15H,3-5,8-12H2,(H,24,29)/t15-/m0/s1. The Kier molecular flexibility index (Phi) is 6.61. The van der Waals surface area contributed by atoms with Crippen molar-refractivity contribution in [2.45, 2.75) is 68.4 Å². The van der Waals surface area contributed by atoms with Crippen LogP contribution in [0.15, 0.2) is 35.4 Å². The summed E-state index contributed by atoms with van der Waals surface area (Å²) in [4.78, 5) is 11.6. The Bertz CT molecular complexity index is 1100. The predicted octanol–water partition coefficient (Wildman–Crippen LogP) is 2.70. The van der Waals surface area contributed by atoms with E-state index in [2.05, 4.69) is 20.4 Å². The fourth-order valence-corrected chi connectivity index (χ4v) is 5.70. The lowest BCUT2D eigenvalue weighted by atomic mass is 10.0. The zero-order valence-corrected chi connectivity index (χ0v) is 18.5. The van der Waals surface area contributed by atoms with Crippen LogP contribution in [0, 0.1) is 0 Å². The van der Waals surface area contributed by atoms with Gasteiger partial charge >= 0.3 is 6.36 Å². The van der Waals surface area contributed by atoms with Gasteiger partial charge in [-0.3, -0.25) is 9.48 Å². The van der Waals surface area contributed by atoms with E-state index in [-0.39, 0.29) is 24.2 Å². The molecule has 9 nitrogen and oxygen atoms in total. The third-order valence-electron chi connectivity index (χ3n) is 5.61. The molecule has 1 aromatic carbocycles. The van der Waals surface area contributed by atoms with Crippen molar-refractivity contribution >= 4 is 15.9 Å². The number of para-hydroxylation sites is 1. The summed E-state index contributed by atoms with van der Waals surface area (Å²) in [6.07, 6.45) is 0.720. The number of sulfonamides is 1. The second-order valence-electron chi connectivity index (χ2n) is 8.16. The van der Waals surface area contributed by atoms with Crippen LogP contribution in [0.25, 0.3) is 0 Å². The minimum atomic E-state index is -5.01. The number of rotatable bonds is 8. The van der Waals surface area contributed by atoms with E-state index >= 15 is 0 Å². The van der Waals surface area contributed by atoms with Crippen molar-refractivity contribution in [3.8, 4) is 5.75 Å². The van der Waals surface area contributed by atoms with Crippen molar-refractivity contribution in [3.05, 3.63) is 36.2 Å². The van der Waals surface area contributed by atoms with Crippen LogP contribution in [-0.2, 0) is 16.6 Å². The Hall–Kier alpha value is -2.67. The summed E-state index contributed by atoms with van der Waals surface area (Å²) in [5.41, 5.74) is 0.188. The van der Waals surface area contributed by atoms with Gasteiger partial charge in [0.2, 0.25) is 10.0 Å². The number of alkyl halides is 3. The van der Waals surface area contributed by atoms with E-state index < -0.39 is 33.1 Å². The largest absolute Gasteiger partial charge is 0.573 e. The number of nitrogens with one attached hydrogen (secondary N) is 1. The van der Waals surface area contributed by atoms with Gasteiger partial charge in [0.25, 0.3) is 5.91 Å². The van der Waals surface area contributed by atoms with Crippen molar-refractivity contribution in [1.82, 2.24) is 24.6 Å². The molecule has 0 bridgehead atoms. The Labute approximate surface area is 188 Å². The van der Waals surface area contributed by atoms with Gasteiger partial charge in [0, 0.05) is 25.2 Å². The Morgan fingerprint density at radius 3 is 2.67 bits per heavy atom. The molecule has 1 atom stereocenters. The normalized spacial score (nSPS) is 19.9. The molecule has 1 aliphatic carbocycles. The molecular formula is C20H24F3N5O4S. The molecule has 1 saturated heterocycles. The number of aryl methyl sites for hydroxylation is 1. The fourth-order valence-electron chi connectivity index (χ4n) is 3.86. The maximum Gasteiger partial charge on any atom is 0.573 e. The first-order valence-corrected chi connectivity index (χ1v) is 12.1. The number of piperidine rings is 1. The molecule has 1 aliphatic heterocycles. The van der Waals surface area contributed by atoms with Crippen LogP contribution in [0.2, 0.25) is 0 Å². The zero-order chi connectivity index (χ0) is 23.6. The summed E-state index contributed by atoms with van der Waals surface area (Å²) in [7, 11) is -4.23. The third kappa shape index (κ3) is 5.82. The van der Waals surface area contributed by atoms with Gasteiger partial charge < -0.3 is 10.1 Å². The topological polar surface area (TPSA) is 106 Å². The molecular weight excluding hydrogens is 463 g/mol. The maximum atomic E-state index is 13.3. The van der Waals surface area contributed by atoms with Gasteiger partial charge in [-0.05, 0) is 44.2 Å². The van der Waals surface area contributed by atoms with Crippen LogP contribution in [0.3, 0.4) is 0 Å². The molecule has 2 aromatic rings. The average molecular weight is 488 g/mol. The predicted molar refractivity (Wildman–Crippen MR) is 110 cm³/mol. The molecule has 4 rings (SSSR count). The number of carbonyl (C=O) groups excluding carboxylic acids is 1. The van der Waals surface area contributed by atoms with Gasteiger partial charge in [0.1, 0.15) is 10.6 Å². The molecule has 0 spiro atoms. The summed E-state index contributed by atoms with van der Waals surface area (Å²) in [5, 5.41) is 10.6. The second kappa shape index (κ2) is 9.29. The zero-order valence-electron chi connectivity index (χ0n) is 17.7. The quantitative estimate of drug-likeness (QED) is 0.614. The highest BCUT2D eigenvalue weighted by molar-refractivity contribution is 7.89. The highest BCUT2D eigenvalue weighted by Gasteiger charge is 2.38. The molecule has 180 valence electrons. The lowest BCUT2D eigenvalue weighted by molar-refractivity contribution is -0.275. The summed E-state index contributed by atoms with van der Waals surface area (Å²) < 4.78 is 71.7. The van der Waals surface area contributed by atoms with E-state index in [0.29, 0.717) is 25.8 Å². The Morgan fingerprint density at radius 1 is 1.18 bits per heavy atom. The van der Waals surface area contributed by atoms with E-state index in [9.17, 15) is 26.4 Å². The van der Waals surface area contributed by atoms with Crippen LogP contribution in [0.5, 0.6) is 5.75 Å². The highest BCUT2D eigenvalue weighted by Crippen LogP contribution is 2.34. The molecule has 2 fully saturated rings. The van der Waals surface area contributed by atoms with Crippen LogP contribution < -0.4 is 10.1 Å². The van der Waals surface area contributed by atoms with Crippen molar-refractivity contribution in [2.24, 2.45) is 0 Å². The molecule has 1 amide bonds. The number of nitrogens with zero attached hydrogens (tertiary/aromatic N) is 4. The summed E-state index contributed by atoms with van der Waals surface area (Å²) in [5.74, 6) is -1.05. The molecule has 1 aromatic heterocycles. The molecule has 0 radical (unpaired) electrons. The molecule has 1 N–H and O–H groups in total. The number of amides is 1. The van der Waals surface area contributed by atoms with E-state index in [1.54, 1.807) is 0 Å². The number of aromatic nitrogens is 3. The van der Waals surface area contributed by atoms with E-state index in [0.717, 1.165) is 31.4 Å². The number of benzene rings is 1. The Balaban J connectivity index is 1.47. The summed E-state index contributed by atoms with van der Waals surface area (Å²) >= 11 is 0. The van der Waals surface area contributed by atoms with Gasteiger partial charge in [-0.1, -0.05) is 23.8 Å². The van der Waals surface area contributed by atoms with Crippen molar-refractivity contribution in [2.75, 3.05) is 6.54 Å². The van der Waals surface area contributed by atoms with E-state index in [1.807, 2.05) is 0 Å². The van der Waals surface area contributed by atoms with Crippen molar-refractivity contribution in [1.29, 1.82) is 0 Å². The first kappa shape index (κ1) is 23.5. The summed E-state index contributed by atoms with van der Waals surface area (Å²) in [6, 6.07) is 4.50. The van der Waals surface area contributed by atoms with Crippen molar-refractivity contribution in [3.63, 3.8) is 0 Å². The van der Waals surface area contributed by atoms with E-state index in [1.165, 1.54) is 27.3 Å². The first-order valence-electron chi connectivity index (χ1n) is 10.7. The van der Waals surface area contributed by atoms with Gasteiger partial charge in [-0.25, -0.2) is 8.42 Å². The van der Waals surface area contributed by atoms with Crippen molar-refractivity contribution < 1.29 is 31.1 Å². The first-order chi connectivity index (χ1) is 15.6. The minimum absolute atomic E-state index is 0.188. The average Bonchev–Trinajstić information content (AvgIpc) is 3.44. The number of halogens is 3. The molecule has 2 aliphatic rings. The molecule has 2 heterocycles. The number of ether oxygens (including phenoxy) is 1. The van der Waals surface area contributed by atoms with Gasteiger partial charge in [-0.2, -0.15) is 4.31 Å². The smallest absolute Gasteiger partial charge is 0.404 e. The maximum absolute atomic E-state index is 13.3. The van der Waals surface area contributed by atoms with Crippen LogP contribution in [0.1, 0.15) is 49.0 Å². The number of hydrogen-bond acceptors (Lipinski definition) is 6. The lowest BCUT2D eigenvalue weighted by Crippen LogP contribution is -2.44. The van der Waals surface area contributed by atoms with Crippen LogP contribution >= 0.6 is 0 Å². The molecule has 13 heteroatoms.